The molecule has 0 heterocycles. The number of benzene rings is 3. The van der Waals surface area contributed by atoms with Gasteiger partial charge in [-0.05, 0) is 43.3 Å². The molecule has 0 N–H and O–H groups in total. The number of hydrogen-bond donors (Lipinski definition) is 0. The summed E-state index contributed by atoms with van der Waals surface area (Å²) < 4.78 is 27.8. The van der Waals surface area contributed by atoms with Crippen LogP contribution in [-0.4, -0.2) is 21.2 Å². The normalized spacial score (nSPS) is 10.6. The van der Waals surface area contributed by atoms with E-state index in [4.69, 9.17) is 0 Å². The van der Waals surface area contributed by atoms with Crippen molar-refractivity contribution >= 4 is 22.0 Å². The van der Waals surface area contributed by atoms with Crippen LogP contribution in [0.4, 0.5) is 5.69 Å². The van der Waals surface area contributed by atoms with E-state index in [9.17, 15) is 13.2 Å². The Hall–Kier alpha value is -3.36. The minimum absolute atomic E-state index is 0.0735. The SMILES string of the molecule is Cc1ccc(S(=O)(=O)N(CC#Cc2ccccc2)c2ccccc2C=O)cc1. The van der Waals surface area contributed by atoms with Crippen LogP contribution in [0.3, 0.4) is 0 Å². The minimum Gasteiger partial charge on any atom is -0.298 e. The maximum absolute atomic E-state index is 13.3. The number of hydrogen-bond acceptors (Lipinski definition) is 3. The molecule has 0 bridgehead atoms. The van der Waals surface area contributed by atoms with Gasteiger partial charge in [-0.25, -0.2) is 8.42 Å². The fourth-order valence-corrected chi connectivity index (χ4v) is 4.08. The monoisotopic (exact) mass is 389 g/mol. The molecule has 3 aromatic rings. The topological polar surface area (TPSA) is 54.5 Å². The van der Waals surface area contributed by atoms with E-state index in [2.05, 4.69) is 11.8 Å². The number of nitrogens with zero attached hydrogens (tertiary/aromatic N) is 1. The predicted molar refractivity (Wildman–Crippen MR) is 111 cm³/mol. The molecule has 3 rings (SSSR count). The lowest BCUT2D eigenvalue weighted by molar-refractivity contribution is 0.112. The first-order valence-corrected chi connectivity index (χ1v) is 10.1. The molecular weight excluding hydrogens is 370 g/mol. The summed E-state index contributed by atoms with van der Waals surface area (Å²) >= 11 is 0. The first-order chi connectivity index (χ1) is 13.5. The number of carbonyl (C=O) groups excluding carboxylic acids is 1. The van der Waals surface area contributed by atoms with Crippen LogP contribution in [0.5, 0.6) is 0 Å². The highest BCUT2D eigenvalue weighted by Crippen LogP contribution is 2.26. The Morgan fingerprint density at radius 1 is 0.893 bits per heavy atom. The molecule has 0 aliphatic heterocycles. The lowest BCUT2D eigenvalue weighted by Gasteiger charge is -2.23. The molecule has 0 fully saturated rings. The van der Waals surface area contributed by atoms with Gasteiger partial charge < -0.3 is 0 Å². The van der Waals surface area contributed by atoms with Crippen molar-refractivity contribution in [2.45, 2.75) is 11.8 Å². The number of para-hydroxylation sites is 1. The smallest absolute Gasteiger partial charge is 0.265 e. The highest BCUT2D eigenvalue weighted by Gasteiger charge is 2.26. The standard InChI is InChI=1S/C23H19NO3S/c1-19-13-15-22(16-14-19)28(26,27)24(23-12-6-5-11-21(23)18-25)17-7-10-20-8-3-2-4-9-20/h2-6,8-9,11-16,18H,17H2,1H3. The summed E-state index contributed by atoms with van der Waals surface area (Å²) in [4.78, 5) is 11.6. The number of anilines is 1. The zero-order valence-electron chi connectivity index (χ0n) is 15.4. The Morgan fingerprint density at radius 3 is 2.21 bits per heavy atom. The van der Waals surface area contributed by atoms with Crippen LogP contribution in [0.1, 0.15) is 21.5 Å². The van der Waals surface area contributed by atoms with Crippen molar-refractivity contribution in [3.05, 3.63) is 95.6 Å². The second-order valence-electron chi connectivity index (χ2n) is 6.17. The van der Waals surface area contributed by atoms with Gasteiger partial charge in [0.1, 0.15) is 0 Å². The second-order valence-corrected chi connectivity index (χ2v) is 8.03. The summed E-state index contributed by atoms with van der Waals surface area (Å²) in [7, 11) is -3.89. The van der Waals surface area contributed by atoms with E-state index in [-0.39, 0.29) is 11.4 Å². The Morgan fingerprint density at radius 2 is 1.54 bits per heavy atom. The highest BCUT2D eigenvalue weighted by atomic mass is 32.2. The molecule has 0 aromatic heterocycles. The first kappa shape index (κ1) is 19.4. The lowest BCUT2D eigenvalue weighted by Crippen LogP contribution is -2.32. The van der Waals surface area contributed by atoms with E-state index in [1.54, 1.807) is 48.5 Å². The molecule has 0 unspecified atom stereocenters. The van der Waals surface area contributed by atoms with Gasteiger partial charge in [0.2, 0.25) is 0 Å². The van der Waals surface area contributed by atoms with Crippen LogP contribution in [0.15, 0.2) is 83.8 Å². The van der Waals surface area contributed by atoms with Gasteiger partial charge in [-0.2, -0.15) is 0 Å². The highest BCUT2D eigenvalue weighted by molar-refractivity contribution is 7.92. The van der Waals surface area contributed by atoms with Gasteiger partial charge in [-0.3, -0.25) is 9.10 Å². The van der Waals surface area contributed by atoms with Crippen molar-refractivity contribution in [2.24, 2.45) is 0 Å². The fourth-order valence-electron chi connectivity index (χ4n) is 2.69. The molecule has 0 saturated heterocycles. The van der Waals surface area contributed by atoms with Gasteiger partial charge in [0.15, 0.2) is 6.29 Å². The third-order valence-electron chi connectivity index (χ3n) is 4.17. The molecule has 0 amide bonds. The third kappa shape index (κ3) is 4.30. The molecule has 3 aromatic carbocycles. The van der Waals surface area contributed by atoms with Crippen molar-refractivity contribution in [3.63, 3.8) is 0 Å². The van der Waals surface area contributed by atoms with Gasteiger partial charge in [-0.15, -0.1) is 0 Å². The van der Waals surface area contributed by atoms with Crippen molar-refractivity contribution in [1.29, 1.82) is 0 Å². The second kappa shape index (κ2) is 8.55. The molecule has 0 saturated carbocycles. The van der Waals surface area contributed by atoms with Crippen LogP contribution < -0.4 is 4.31 Å². The molecule has 0 atom stereocenters. The maximum Gasteiger partial charge on any atom is 0.265 e. The molecule has 4 nitrogen and oxygen atoms in total. The molecule has 28 heavy (non-hydrogen) atoms. The van der Waals surface area contributed by atoms with Crippen molar-refractivity contribution in [2.75, 3.05) is 10.8 Å². The molecule has 0 spiro atoms. The Balaban J connectivity index is 2.05. The minimum atomic E-state index is -3.89. The molecule has 140 valence electrons. The van der Waals surface area contributed by atoms with Crippen LogP contribution >= 0.6 is 0 Å². The zero-order chi connectivity index (χ0) is 20.0. The number of aldehydes is 1. The van der Waals surface area contributed by atoms with Crippen LogP contribution in [-0.2, 0) is 10.0 Å². The van der Waals surface area contributed by atoms with Crippen LogP contribution in [0, 0.1) is 18.8 Å². The van der Waals surface area contributed by atoms with Gasteiger partial charge in [0.25, 0.3) is 10.0 Å². The van der Waals surface area contributed by atoms with E-state index >= 15 is 0 Å². The number of rotatable bonds is 5. The lowest BCUT2D eigenvalue weighted by atomic mass is 10.2. The summed E-state index contributed by atoms with van der Waals surface area (Å²) in [5, 5.41) is 0. The molecule has 0 radical (unpaired) electrons. The van der Waals surface area contributed by atoms with Gasteiger partial charge in [0.05, 0.1) is 17.1 Å². The first-order valence-electron chi connectivity index (χ1n) is 8.70. The molecular formula is C23H19NO3S. The average Bonchev–Trinajstić information content (AvgIpc) is 2.72. The fraction of sp³-hybridized carbons (Fsp3) is 0.0870. The quantitative estimate of drug-likeness (QED) is 0.489. The number of carbonyl (C=O) groups is 1. The zero-order valence-corrected chi connectivity index (χ0v) is 16.2. The third-order valence-corrected chi connectivity index (χ3v) is 5.94. The summed E-state index contributed by atoms with van der Waals surface area (Å²) in [5.74, 6) is 5.89. The summed E-state index contributed by atoms with van der Waals surface area (Å²) in [6, 6.07) is 22.5. The molecule has 0 aliphatic carbocycles. The van der Waals surface area contributed by atoms with Gasteiger partial charge in [0, 0.05) is 11.1 Å². The maximum atomic E-state index is 13.3. The molecule has 0 aliphatic rings. The van der Waals surface area contributed by atoms with E-state index in [0.29, 0.717) is 17.5 Å². The summed E-state index contributed by atoms with van der Waals surface area (Å²) in [6.07, 6.45) is 0.650. The van der Waals surface area contributed by atoms with Crippen molar-refractivity contribution < 1.29 is 13.2 Å². The van der Waals surface area contributed by atoms with E-state index in [1.807, 2.05) is 37.3 Å². The average molecular weight is 389 g/mol. The predicted octanol–water partition coefficient (Wildman–Crippen LogP) is 4.05. The Kier molecular flexibility index (Phi) is 5.93. The Bertz CT molecular complexity index is 1130. The molecule has 5 heteroatoms. The van der Waals surface area contributed by atoms with Crippen molar-refractivity contribution in [3.8, 4) is 11.8 Å². The van der Waals surface area contributed by atoms with E-state index < -0.39 is 10.0 Å². The van der Waals surface area contributed by atoms with Gasteiger partial charge >= 0.3 is 0 Å². The number of sulfonamides is 1. The summed E-state index contributed by atoms with van der Waals surface area (Å²) in [5.41, 5.74) is 2.35. The van der Waals surface area contributed by atoms with E-state index in [0.717, 1.165) is 11.1 Å². The van der Waals surface area contributed by atoms with Gasteiger partial charge in [-0.1, -0.05) is 59.9 Å². The van der Waals surface area contributed by atoms with Crippen molar-refractivity contribution in [1.82, 2.24) is 0 Å². The largest absolute Gasteiger partial charge is 0.298 e. The number of aryl methyl sites for hydroxylation is 1. The van der Waals surface area contributed by atoms with E-state index in [1.165, 1.54) is 4.31 Å². The van der Waals surface area contributed by atoms with Crippen LogP contribution in [0.25, 0.3) is 0 Å². The summed E-state index contributed by atoms with van der Waals surface area (Å²) in [6.45, 7) is 1.82. The van der Waals surface area contributed by atoms with Crippen LogP contribution in [0.2, 0.25) is 0 Å². The Labute approximate surface area is 165 Å².